The monoisotopic (exact) mass is 301 g/mol. The van der Waals surface area contributed by atoms with Gasteiger partial charge in [0.1, 0.15) is 0 Å². The Morgan fingerprint density at radius 3 is 2.76 bits per heavy atom. The maximum atomic E-state index is 12.4. The average molecular weight is 301 g/mol. The second kappa shape index (κ2) is 6.26. The standard InChI is InChI=1S/C16H19N3OS/c1-12-4-5-15(21-12)16(20)19-9-6-13(7-10-19)18-14-3-2-8-17-11-14/h2-5,8,11,13,18H,6-7,9-10H2,1H3. The number of aryl methyl sites for hydroxylation is 1. The number of amides is 1. The summed E-state index contributed by atoms with van der Waals surface area (Å²) in [6.07, 6.45) is 5.57. The Hall–Kier alpha value is -1.88. The molecule has 2 aromatic heterocycles. The molecular weight excluding hydrogens is 282 g/mol. The molecule has 0 aromatic carbocycles. The molecule has 0 spiro atoms. The summed E-state index contributed by atoms with van der Waals surface area (Å²) in [7, 11) is 0. The van der Waals surface area contributed by atoms with Gasteiger partial charge in [0.05, 0.1) is 10.6 Å². The number of hydrogen-bond acceptors (Lipinski definition) is 4. The van der Waals surface area contributed by atoms with Gasteiger partial charge in [-0.1, -0.05) is 0 Å². The van der Waals surface area contributed by atoms with E-state index in [0.717, 1.165) is 36.5 Å². The lowest BCUT2D eigenvalue weighted by atomic mass is 10.0. The Balaban J connectivity index is 1.54. The van der Waals surface area contributed by atoms with Crippen molar-refractivity contribution >= 4 is 22.9 Å². The number of hydrogen-bond donors (Lipinski definition) is 1. The lowest BCUT2D eigenvalue weighted by Crippen LogP contribution is -2.42. The zero-order chi connectivity index (χ0) is 14.7. The van der Waals surface area contributed by atoms with Crippen molar-refractivity contribution in [3.05, 3.63) is 46.4 Å². The highest BCUT2D eigenvalue weighted by molar-refractivity contribution is 7.13. The van der Waals surface area contributed by atoms with Crippen molar-refractivity contribution in [3.8, 4) is 0 Å². The first-order chi connectivity index (χ1) is 10.2. The normalized spacial score (nSPS) is 16.0. The number of rotatable bonds is 3. The maximum Gasteiger partial charge on any atom is 0.263 e. The Labute approximate surface area is 128 Å². The minimum Gasteiger partial charge on any atom is -0.381 e. The molecule has 0 unspecified atom stereocenters. The Morgan fingerprint density at radius 1 is 1.33 bits per heavy atom. The number of thiophene rings is 1. The van der Waals surface area contributed by atoms with Gasteiger partial charge in [-0.2, -0.15) is 0 Å². The van der Waals surface area contributed by atoms with Crippen molar-refractivity contribution < 1.29 is 4.79 Å². The van der Waals surface area contributed by atoms with Gasteiger partial charge in [0.15, 0.2) is 0 Å². The van der Waals surface area contributed by atoms with Crippen LogP contribution in [0.1, 0.15) is 27.4 Å². The van der Waals surface area contributed by atoms with Crippen molar-refractivity contribution in [3.63, 3.8) is 0 Å². The third-order valence-electron chi connectivity index (χ3n) is 3.77. The fourth-order valence-electron chi connectivity index (χ4n) is 2.62. The number of anilines is 1. The molecule has 0 saturated carbocycles. The third kappa shape index (κ3) is 3.42. The van der Waals surface area contributed by atoms with Crippen molar-refractivity contribution in [2.45, 2.75) is 25.8 Å². The lowest BCUT2D eigenvalue weighted by molar-refractivity contribution is 0.0723. The Kier molecular flexibility index (Phi) is 4.20. The fourth-order valence-corrected chi connectivity index (χ4v) is 3.45. The SMILES string of the molecule is Cc1ccc(C(=O)N2CCC(Nc3cccnc3)CC2)s1. The van der Waals surface area contributed by atoms with E-state index in [1.54, 1.807) is 17.5 Å². The zero-order valence-electron chi connectivity index (χ0n) is 12.1. The van der Waals surface area contributed by atoms with Crippen LogP contribution in [0.2, 0.25) is 0 Å². The summed E-state index contributed by atoms with van der Waals surface area (Å²) >= 11 is 1.58. The Bertz CT molecular complexity index is 603. The molecule has 1 fully saturated rings. The summed E-state index contributed by atoms with van der Waals surface area (Å²) in [6.45, 7) is 3.66. The van der Waals surface area contributed by atoms with Crippen LogP contribution in [0.15, 0.2) is 36.7 Å². The molecule has 21 heavy (non-hydrogen) atoms. The summed E-state index contributed by atoms with van der Waals surface area (Å²) in [5, 5.41) is 3.49. The fraction of sp³-hybridized carbons (Fsp3) is 0.375. The topological polar surface area (TPSA) is 45.2 Å². The molecule has 1 N–H and O–H groups in total. The predicted octanol–water partition coefficient (Wildman–Crippen LogP) is 3.17. The smallest absolute Gasteiger partial charge is 0.263 e. The van der Waals surface area contributed by atoms with E-state index < -0.39 is 0 Å². The molecule has 0 bridgehead atoms. The van der Waals surface area contributed by atoms with E-state index in [0.29, 0.717) is 6.04 Å². The summed E-state index contributed by atoms with van der Waals surface area (Å²) < 4.78 is 0. The highest BCUT2D eigenvalue weighted by Crippen LogP contribution is 2.21. The van der Waals surface area contributed by atoms with E-state index in [1.807, 2.05) is 42.3 Å². The van der Waals surface area contributed by atoms with Crippen LogP contribution < -0.4 is 5.32 Å². The van der Waals surface area contributed by atoms with Crippen LogP contribution in [0.4, 0.5) is 5.69 Å². The maximum absolute atomic E-state index is 12.4. The van der Waals surface area contributed by atoms with E-state index in [4.69, 9.17) is 0 Å². The zero-order valence-corrected chi connectivity index (χ0v) is 12.9. The summed E-state index contributed by atoms with van der Waals surface area (Å²) in [6, 6.07) is 8.32. The first-order valence-electron chi connectivity index (χ1n) is 7.24. The number of carbonyl (C=O) groups is 1. The van der Waals surface area contributed by atoms with E-state index in [9.17, 15) is 4.79 Å². The van der Waals surface area contributed by atoms with Gasteiger partial charge in [-0.25, -0.2) is 0 Å². The van der Waals surface area contributed by atoms with Crippen molar-refractivity contribution in [1.82, 2.24) is 9.88 Å². The molecule has 0 aliphatic carbocycles. The molecule has 2 aromatic rings. The molecule has 1 amide bonds. The van der Waals surface area contributed by atoms with Crippen LogP contribution in [0, 0.1) is 6.92 Å². The minimum absolute atomic E-state index is 0.174. The van der Waals surface area contributed by atoms with E-state index >= 15 is 0 Å². The van der Waals surface area contributed by atoms with Gasteiger partial charge in [-0.15, -0.1) is 11.3 Å². The summed E-state index contributed by atoms with van der Waals surface area (Å²) in [5.41, 5.74) is 1.05. The highest BCUT2D eigenvalue weighted by Gasteiger charge is 2.24. The largest absolute Gasteiger partial charge is 0.381 e. The molecule has 0 radical (unpaired) electrons. The molecule has 0 atom stereocenters. The third-order valence-corrected chi connectivity index (χ3v) is 4.75. The number of piperidine rings is 1. The molecule has 3 rings (SSSR count). The second-order valence-corrected chi connectivity index (χ2v) is 6.65. The van der Waals surface area contributed by atoms with Gasteiger partial charge in [-0.3, -0.25) is 9.78 Å². The number of likely N-dealkylation sites (tertiary alicyclic amines) is 1. The first kappa shape index (κ1) is 14.1. The molecular formula is C16H19N3OS. The quantitative estimate of drug-likeness (QED) is 0.947. The van der Waals surface area contributed by atoms with Crippen LogP contribution in [0.5, 0.6) is 0 Å². The molecule has 1 aliphatic heterocycles. The van der Waals surface area contributed by atoms with Crippen molar-refractivity contribution in [1.29, 1.82) is 0 Å². The van der Waals surface area contributed by atoms with Gasteiger partial charge in [-0.05, 0) is 44.0 Å². The molecule has 5 heteroatoms. The molecule has 3 heterocycles. The molecule has 110 valence electrons. The van der Waals surface area contributed by atoms with Crippen molar-refractivity contribution in [2.75, 3.05) is 18.4 Å². The molecule has 4 nitrogen and oxygen atoms in total. The number of nitrogens with one attached hydrogen (secondary N) is 1. The molecule has 1 saturated heterocycles. The highest BCUT2D eigenvalue weighted by atomic mass is 32.1. The summed E-state index contributed by atoms with van der Waals surface area (Å²) in [5.74, 6) is 0.174. The van der Waals surface area contributed by atoms with Gasteiger partial charge >= 0.3 is 0 Å². The lowest BCUT2D eigenvalue weighted by Gasteiger charge is -2.32. The number of carbonyl (C=O) groups excluding carboxylic acids is 1. The number of nitrogens with zero attached hydrogens (tertiary/aromatic N) is 2. The predicted molar refractivity (Wildman–Crippen MR) is 85.8 cm³/mol. The molecule has 1 aliphatic rings. The van der Waals surface area contributed by atoms with E-state index in [2.05, 4.69) is 10.3 Å². The van der Waals surface area contributed by atoms with E-state index in [1.165, 1.54) is 4.88 Å². The first-order valence-corrected chi connectivity index (χ1v) is 8.06. The van der Waals surface area contributed by atoms with Crippen LogP contribution >= 0.6 is 11.3 Å². The van der Waals surface area contributed by atoms with Gasteiger partial charge in [0.25, 0.3) is 5.91 Å². The van der Waals surface area contributed by atoms with E-state index in [-0.39, 0.29) is 5.91 Å². The van der Waals surface area contributed by atoms with Crippen molar-refractivity contribution in [2.24, 2.45) is 0 Å². The minimum atomic E-state index is 0.174. The average Bonchev–Trinajstić information content (AvgIpc) is 2.95. The summed E-state index contributed by atoms with van der Waals surface area (Å²) in [4.78, 5) is 20.5. The number of aromatic nitrogens is 1. The van der Waals surface area contributed by atoms with Crippen LogP contribution in [-0.4, -0.2) is 34.9 Å². The number of pyridine rings is 1. The van der Waals surface area contributed by atoms with Gasteiger partial charge in [0.2, 0.25) is 0 Å². The van der Waals surface area contributed by atoms with Gasteiger partial charge in [0, 0.05) is 36.4 Å². The van der Waals surface area contributed by atoms with Crippen LogP contribution in [0.3, 0.4) is 0 Å². The second-order valence-electron chi connectivity index (χ2n) is 5.36. The van der Waals surface area contributed by atoms with Gasteiger partial charge < -0.3 is 10.2 Å². The van der Waals surface area contributed by atoms with Crippen LogP contribution in [0.25, 0.3) is 0 Å². The van der Waals surface area contributed by atoms with Crippen LogP contribution in [-0.2, 0) is 0 Å². The Morgan fingerprint density at radius 2 is 2.14 bits per heavy atom.